The van der Waals surface area contributed by atoms with Gasteiger partial charge in [-0.15, -0.1) is 0 Å². The van der Waals surface area contributed by atoms with Crippen LogP contribution in [0.5, 0.6) is 0 Å². The van der Waals surface area contributed by atoms with Crippen molar-refractivity contribution in [2.24, 2.45) is 0 Å². The molecule has 1 N–H and O–H groups in total. The van der Waals surface area contributed by atoms with Gasteiger partial charge in [-0.1, -0.05) is 31.2 Å². The predicted molar refractivity (Wildman–Crippen MR) is 106 cm³/mol. The second-order valence-electron chi connectivity index (χ2n) is 6.69. The van der Waals surface area contributed by atoms with E-state index in [-0.39, 0.29) is 11.9 Å². The quantitative estimate of drug-likeness (QED) is 0.834. The maximum absolute atomic E-state index is 12.5. The molecule has 0 saturated carbocycles. The van der Waals surface area contributed by atoms with Crippen LogP contribution in [0.2, 0.25) is 0 Å². The summed E-state index contributed by atoms with van der Waals surface area (Å²) in [5.41, 5.74) is 4.48. The average Bonchev–Trinajstić information content (AvgIpc) is 2.62. The fourth-order valence-corrected chi connectivity index (χ4v) is 2.60. The number of likely N-dealkylation sites (N-methyl/N-ethyl adjacent to an activating group) is 1. The highest BCUT2D eigenvalue weighted by atomic mass is 16.2. The number of rotatable bonds is 7. The van der Waals surface area contributed by atoms with E-state index in [1.54, 1.807) is 0 Å². The van der Waals surface area contributed by atoms with E-state index in [9.17, 15) is 4.79 Å². The van der Waals surface area contributed by atoms with Crippen LogP contribution in [0.1, 0.15) is 25.0 Å². The van der Waals surface area contributed by atoms with Crippen molar-refractivity contribution in [3.05, 3.63) is 59.7 Å². The lowest BCUT2D eigenvalue weighted by Gasteiger charge is -2.24. The average molecular weight is 339 g/mol. The number of aryl methyl sites for hydroxylation is 1. The fourth-order valence-electron chi connectivity index (χ4n) is 2.60. The summed E-state index contributed by atoms with van der Waals surface area (Å²) in [5.74, 6) is 0.00489. The fraction of sp³-hybridized carbons (Fsp3) is 0.381. The first kappa shape index (κ1) is 19.0. The molecule has 0 aliphatic carbocycles. The number of hydrogen-bond donors (Lipinski definition) is 1. The van der Waals surface area contributed by atoms with Gasteiger partial charge in [0.1, 0.15) is 0 Å². The Kier molecular flexibility index (Phi) is 6.59. The maximum Gasteiger partial charge on any atom is 0.241 e. The van der Waals surface area contributed by atoms with Crippen molar-refractivity contribution >= 4 is 17.3 Å². The number of nitrogens with zero attached hydrogens (tertiary/aromatic N) is 2. The van der Waals surface area contributed by atoms with E-state index in [0.29, 0.717) is 0 Å². The lowest BCUT2D eigenvalue weighted by molar-refractivity contribution is -0.120. The molecule has 1 amide bonds. The Hall–Kier alpha value is -2.33. The second kappa shape index (κ2) is 8.67. The summed E-state index contributed by atoms with van der Waals surface area (Å²) in [4.78, 5) is 16.6. The van der Waals surface area contributed by atoms with Crippen LogP contribution in [0.4, 0.5) is 11.4 Å². The molecule has 0 aliphatic heterocycles. The van der Waals surface area contributed by atoms with Crippen LogP contribution in [0.25, 0.3) is 0 Å². The van der Waals surface area contributed by atoms with Gasteiger partial charge in [0.05, 0.1) is 6.04 Å². The van der Waals surface area contributed by atoms with Gasteiger partial charge in [0, 0.05) is 32.0 Å². The topological polar surface area (TPSA) is 35.6 Å². The normalized spacial score (nSPS) is 12.1. The first-order valence-electron chi connectivity index (χ1n) is 8.77. The summed E-state index contributed by atoms with van der Waals surface area (Å²) in [6.45, 7) is 4.83. The summed E-state index contributed by atoms with van der Waals surface area (Å²) in [6.07, 6.45) is 1.04. The van der Waals surface area contributed by atoms with Crippen LogP contribution in [-0.2, 0) is 17.8 Å². The van der Waals surface area contributed by atoms with Gasteiger partial charge in [-0.25, -0.2) is 0 Å². The molecular formula is C21H29N3O. The second-order valence-corrected chi connectivity index (χ2v) is 6.69. The highest BCUT2D eigenvalue weighted by Gasteiger charge is 2.18. The van der Waals surface area contributed by atoms with E-state index in [1.807, 2.05) is 57.2 Å². The van der Waals surface area contributed by atoms with E-state index in [2.05, 4.69) is 41.4 Å². The van der Waals surface area contributed by atoms with Crippen LogP contribution in [0, 0.1) is 0 Å². The molecule has 25 heavy (non-hydrogen) atoms. The summed E-state index contributed by atoms with van der Waals surface area (Å²) in [7, 11) is 5.97. The minimum absolute atomic E-state index is 0.00489. The molecule has 0 spiro atoms. The van der Waals surface area contributed by atoms with Crippen molar-refractivity contribution in [2.45, 2.75) is 32.9 Å². The van der Waals surface area contributed by atoms with Gasteiger partial charge in [-0.3, -0.25) is 9.69 Å². The number of hydrogen-bond acceptors (Lipinski definition) is 3. The van der Waals surface area contributed by atoms with Crippen LogP contribution < -0.4 is 10.2 Å². The van der Waals surface area contributed by atoms with Gasteiger partial charge < -0.3 is 10.2 Å². The van der Waals surface area contributed by atoms with E-state index >= 15 is 0 Å². The molecule has 0 radical (unpaired) electrons. The summed E-state index contributed by atoms with van der Waals surface area (Å²) in [6, 6.07) is 16.2. The summed E-state index contributed by atoms with van der Waals surface area (Å²) < 4.78 is 0. The molecule has 2 aromatic rings. The molecule has 0 aromatic heterocycles. The third kappa shape index (κ3) is 5.33. The summed E-state index contributed by atoms with van der Waals surface area (Å²) >= 11 is 0. The van der Waals surface area contributed by atoms with Gasteiger partial charge in [0.25, 0.3) is 0 Å². The third-order valence-corrected chi connectivity index (χ3v) is 4.56. The number of benzene rings is 2. The molecule has 4 heteroatoms. The van der Waals surface area contributed by atoms with E-state index in [1.165, 1.54) is 11.1 Å². The molecule has 0 unspecified atom stereocenters. The van der Waals surface area contributed by atoms with E-state index in [0.717, 1.165) is 24.3 Å². The standard InChI is InChI=1S/C21H29N3O/c1-6-17-7-9-18(10-8-17)15-24(5)16(2)21(25)22-19-11-13-20(14-12-19)23(3)4/h7-14,16H,6,15H2,1-5H3,(H,22,25)/t16-/m1/s1. The predicted octanol–water partition coefficient (Wildman–Crippen LogP) is 3.77. The highest BCUT2D eigenvalue weighted by Crippen LogP contribution is 2.16. The van der Waals surface area contributed by atoms with E-state index < -0.39 is 0 Å². The molecule has 2 rings (SSSR count). The third-order valence-electron chi connectivity index (χ3n) is 4.56. The van der Waals surface area contributed by atoms with Crippen LogP contribution in [0.15, 0.2) is 48.5 Å². The molecular weight excluding hydrogens is 310 g/mol. The van der Waals surface area contributed by atoms with Crippen molar-refractivity contribution in [2.75, 3.05) is 31.4 Å². The van der Waals surface area contributed by atoms with Crippen molar-refractivity contribution in [3.63, 3.8) is 0 Å². The minimum Gasteiger partial charge on any atom is -0.378 e. The van der Waals surface area contributed by atoms with Crippen molar-refractivity contribution in [1.29, 1.82) is 0 Å². The molecule has 0 saturated heterocycles. The van der Waals surface area contributed by atoms with Crippen molar-refractivity contribution in [3.8, 4) is 0 Å². The first-order valence-corrected chi connectivity index (χ1v) is 8.77. The zero-order valence-corrected chi connectivity index (χ0v) is 15.9. The van der Waals surface area contributed by atoms with Crippen molar-refractivity contribution < 1.29 is 4.79 Å². The molecule has 0 aliphatic rings. The SMILES string of the molecule is CCc1ccc(CN(C)[C@H](C)C(=O)Nc2ccc(N(C)C)cc2)cc1. The molecule has 4 nitrogen and oxygen atoms in total. The zero-order valence-electron chi connectivity index (χ0n) is 15.9. The Bertz CT molecular complexity index is 677. The Morgan fingerprint density at radius 2 is 1.52 bits per heavy atom. The molecule has 1 atom stereocenters. The first-order chi connectivity index (χ1) is 11.9. The number of anilines is 2. The Labute approximate surface area is 151 Å². The monoisotopic (exact) mass is 339 g/mol. The minimum atomic E-state index is -0.209. The number of carbonyl (C=O) groups excluding carboxylic acids is 1. The lowest BCUT2D eigenvalue weighted by atomic mass is 10.1. The molecule has 134 valence electrons. The number of carbonyl (C=O) groups is 1. The maximum atomic E-state index is 12.5. The lowest BCUT2D eigenvalue weighted by Crippen LogP contribution is -2.39. The summed E-state index contributed by atoms with van der Waals surface area (Å²) in [5, 5.41) is 2.99. The zero-order chi connectivity index (χ0) is 18.4. The van der Waals surface area contributed by atoms with Crippen LogP contribution in [-0.4, -0.2) is 38.0 Å². The van der Waals surface area contributed by atoms with Gasteiger partial charge in [0.2, 0.25) is 5.91 Å². The van der Waals surface area contributed by atoms with E-state index in [4.69, 9.17) is 0 Å². The highest BCUT2D eigenvalue weighted by molar-refractivity contribution is 5.94. The van der Waals surface area contributed by atoms with Crippen molar-refractivity contribution in [1.82, 2.24) is 4.90 Å². The van der Waals surface area contributed by atoms with Gasteiger partial charge in [0.15, 0.2) is 0 Å². The smallest absolute Gasteiger partial charge is 0.241 e. The Morgan fingerprint density at radius 3 is 2.04 bits per heavy atom. The van der Waals surface area contributed by atoms with Gasteiger partial charge >= 0.3 is 0 Å². The molecule has 0 fully saturated rings. The Morgan fingerprint density at radius 1 is 0.960 bits per heavy atom. The van der Waals surface area contributed by atoms with Crippen LogP contribution in [0.3, 0.4) is 0 Å². The van der Waals surface area contributed by atoms with Gasteiger partial charge in [-0.05, 0) is 55.8 Å². The molecule has 2 aromatic carbocycles. The van der Waals surface area contributed by atoms with Crippen LogP contribution >= 0.6 is 0 Å². The van der Waals surface area contributed by atoms with Gasteiger partial charge in [-0.2, -0.15) is 0 Å². The Balaban J connectivity index is 1.93. The molecule has 0 bridgehead atoms. The number of nitrogens with one attached hydrogen (secondary N) is 1. The molecule has 0 heterocycles. The largest absolute Gasteiger partial charge is 0.378 e. The number of amides is 1.